The molecule has 1 fully saturated rings. The molecule has 4 rings (SSSR count). The van der Waals surface area contributed by atoms with E-state index in [1.165, 1.54) is 27.6 Å². The van der Waals surface area contributed by atoms with Crippen LogP contribution in [0.3, 0.4) is 0 Å². The normalized spacial score (nSPS) is 21.2. The van der Waals surface area contributed by atoms with Crippen LogP contribution in [0.2, 0.25) is 0 Å². The Hall–Kier alpha value is -3.16. The number of amides is 3. The van der Waals surface area contributed by atoms with E-state index >= 15 is 0 Å². The fourth-order valence-electron chi connectivity index (χ4n) is 4.44. The summed E-state index contributed by atoms with van der Waals surface area (Å²) in [6, 6.07) is 9.26. The lowest BCUT2D eigenvalue weighted by Crippen LogP contribution is -2.63. The van der Waals surface area contributed by atoms with Crippen LogP contribution in [0.1, 0.15) is 72.5 Å². The summed E-state index contributed by atoms with van der Waals surface area (Å²) in [7, 11) is 1.63. The zero-order valence-corrected chi connectivity index (χ0v) is 19.0. The zero-order chi connectivity index (χ0) is 22.9. The Morgan fingerprint density at radius 1 is 1.16 bits per heavy atom. The molecule has 32 heavy (non-hydrogen) atoms. The molecule has 8 nitrogen and oxygen atoms in total. The minimum Gasteiger partial charge on any atom is -0.351 e. The van der Waals surface area contributed by atoms with Crippen molar-refractivity contribution in [2.24, 2.45) is 0 Å². The van der Waals surface area contributed by atoms with E-state index in [9.17, 15) is 14.4 Å². The van der Waals surface area contributed by atoms with Crippen molar-refractivity contribution < 1.29 is 14.4 Å². The van der Waals surface area contributed by atoms with Gasteiger partial charge < -0.3 is 15.5 Å². The summed E-state index contributed by atoms with van der Waals surface area (Å²) in [5, 5.41) is 10.3. The second-order valence-electron chi connectivity index (χ2n) is 9.02. The van der Waals surface area contributed by atoms with E-state index < -0.39 is 5.54 Å². The van der Waals surface area contributed by atoms with Crippen LogP contribution in [-0.4, -0.2) is 51.0 Å². The molecule has 1 atom stereocenters. The highest BCUT2D eigenvalue weighted by Gasteiger charge is 2.46. The minimum atomic E-state index is -1.07. The molecule has 1 aliphatic carbocycles. The van der Waals surface area contributed by atoms with Gasteiger partial charge in [-0.05, 0) is 43.9 Å². The average molecular weight is 438 g/mol. The van der Waals surface area contributed by atoms with E-state index in [2.05, 4.69) is 22.7 Å². The molecule has 3 amide bonds. The summed E-state index contributed by atoms with van der Waals surface area (Å²) in [5.41, 5.74) is 1.23. The number of likely N-dealkylation sites (N-methyl/N-ethyl adjacent to an activating group) is 1. The van der Waals surface area contributed by atoms with Gasteiger partial charge in [0.15, 0.2) is 5.69 Å². The summed E-state index contributed by atoms with van der Waals surface area (Å²) in [4.78, 5) is 40.4. The van der Waals surface area contributed by atoms with Crippen LogP contribution in [0.4, 0.5) is 5.69 Å². The number of nitrogens with zero attached hydrogens (tertiary/aromatic N) is 3. The summed E-state index contributed by atoms with van der Waals surface area (Å²) in [5.74, 6) is -0.889. The molecule has 8 heteroatoms. The van der Waals surface area contributed by atoms with E-state index in [-0.39, 0.29) is 36.0 Å². The predicted molar refractivity (Wildman–Crippen MR) is 122 cm³/mol. The predicted octanol–water partition coefficient (Wildman–Crippen LogP) is 2.99. The molecule has 1 aliphatic heterocycles. The highest BCUT2D eigenvalue weighted by molar-refractivity contribution is 6.05. The number of aryl methyl sites for hydroxylation is 1. The van der Waals surface area contributed by atoms with Crippen molar-refractivity contribution in [3.8, 4) is 0 Å². The van der Waals surface area contributed by atoms with Crippen molar-refractivity contribution >= 4 is 23.4 Å². The molecule has 0 bridgehead atoms. The fourth-order valence-corrected chi connectivity index (χ4v) is 4.44. The van der Waals surface area contributed by atoms with E-state index in [0.717, 1.165) is 32.1 Å². The first-order valence-electron chi connectivity index (χ1n) is 11.4. The quantitative estimate of drug-likeness (QED) is 0.752. The van der Waals surface area contributed by atoms with Crippen LogP contribution in [0.15, 0.2) is 30.3 Å². The first-order valence-corrected chi connectivity index (χ1v) is 11.4. The van der Waals surface area contributed by atoms with Gasteiger partial charge in [-0.25, -0.2) is 0 Å². The van der Waals surface area contributed by atoms with Crippen molar-refractivity contribution in [2.45, 2.75) is 70.5 Å². The average Bonchev–Trinajstić information content (AvgIpc) is 3.23. The molecule has 0 unspecified atom stereocenters. The van der Waals surface area contributed by atoms with Gasteiger partial charge in [-0.3, -0.25) is 19.1 Å². The molecule has 1 aromatic heterocycles. The summed E-state index contributed by atoms with van der Waals surface area (Å²) in [6.45, 7) is 4.02. The van der Waals surface area contributed by atoms with Crippen molar-refractivity contribution in [1.29, 1.82) is 0 Å². The first kappa shape index (κ1) is 22.0. The number of nitrogens with one attached hydrogen (secondary N) is 2. The van der Waals surface area contributed by atoms with Gasteiger partial charge >= 0.3 is 0 Å². The molecule has 2 N–H and O–H groups in total. The summed E-state index contributed by atoms with van der Waals surface area (Å²) in [6.07, 6.45) is 6.28. The van der Waals surface area contributed by atoms with Gasteiger partial charge in [0.1, 0.15) is 11.2 Å². The number of rotatable bonds is 5. The molecular weight excluding hydrogens is 406 g/mol. The first-order chi connectivity index (χ1) is 15.3. The number of fused-ring (bicyclic) bond motifs is 1. The van der Waals surface area contributed by atoms with Gasteiger partial charge in [0.05, 0.1) is 6.54 Å². The largest absolute Gasteiger partial charge is 0.351 e. The van der Waals surface area contributed by atoms with Crippen molar-refractivity contribution in [1.82, 2.24) is 20.0 Å². The molecular formula is C24H31N5O3. The van der Waals surface area contributed by atoms with Crippen LogP contribution in [0.5, 0.6) is 0 Å². The van der Waals surface area contributed by atoms with Crippen molar-refractivity contribution in [3.63, 3.8) is 0 Å². The monoisotopic (exact) mass is 437 g/mol. The number of benzene rings is 1. The Kier molecular flexibility index (Phi) is 6.04. The van der Waals surface area contributed by atoms with Gasteiger partial charge in [-0.2, -0.15) is 5.10 Å². The van der Waals surface area contributed by atoms with Crippen LogP contribution < -0.4 is 10.6 Å². The smallest absolute Gasteiger partial charge is 0.276 e. The summed E-state index contributed by atoms with van der Waals surface area (Å²) < 4.78 is 1.48. The Bertz CT molecular complexity index is 1020. The lowest BCUT2D eigenvalue weighted by Gasteiger charge is -2.41. The van der Waals surface area contributed by atoms with Gasteiger partial charge in [0, 0.05) is 24.8 Å². The van der Waals surface area contributed by atoms with Crippen molar-refractivity contribution in [2.75, 3.05) is 12.4 Å². The molecule has 170 valence electrons. The molecule has 1 aromatic carbocycles. The van der Waals surface area contributed by atoms with E-state index in [1.807, 2.05) is 24.3 Å². The number of anilines is 1. The van der Waals surface area contributed by atoms with Crippen LogP contribution >= 0.6 is 0 Å². The summed E-state index contributed by atoms with van der Waals surface area (Å²) >= 11 is 0. The van der Waals surface area contributed by atoms with Crippen molar-refractivity contribution in [3.05, 3.63) is 47.3 Å². The van der Waals surface area contributed by atoms with Gasteiger partial charge in [0.2, 0.25) is 5.91 Å². The number of carbonyl (C=O) groups is 3. The molecule has 0 radical (unpaired) electrons. The lowest BCUT2D eigenvalue weighted by atomic mass is 9.92. The minimum absolute atomic E-state index is 0.149. The highest BCUT2D eigenvalue weighted by Crippen LogP contribution is 2.27. The zero-order valence-electron chi connectivity index (χ0n) is 19.0. The number of carbonyl (C=O) groups excluding carboxylic acids is 3. The van der Waals surface area contributed by atoms with Crippen LogP contribution in [0.25, 0.3) is 0 Å². The third-order valence-corrected chi connectivity index (χ3v) is 6.78. The lowest BCUT2D eigenvalue weighted by molar-refractivity contribution is -0.133. The molecule has 2 aliphatic rings. The number of aromatic nitrogens is 2. The number of hydrogen-bond acceptors (Lipinski definition) is 4. The van der Waals surface area contributed by atoms with Crippen LogP contribution in [0, 0.1) is 0 Å². The van der Waals surface area contributed by atoms with E-state index in [1.54, 1.807) is 14.0 Å². The Balaban J connectivity index is 1.51. The van der Waals surface area contributed by atoms with Gasteiger partial charge in [-0.1, -0.05) is 38.3 Å². The molecule has 0 spiro atoms. The number of hydrogen-bond donors (Lipinski definition) is 2. The maximum Gasteiger partial charge on any atom is 0.276 e. The second-order valence-corrected chi connectivity index (χ2v) is 9.02. The Morgan fingerprint density at radius 2 is 1.84 bits per heavy atom. The fraction of sp³-hybridized carbons (Fsp3) is 0.500. The highest BCUT2D eigenvalue weighted by atomic mass is 16.2. The van der Waals surface area contributed by atoms with Gasteiger partial charge in [-0.15, -0.1) is 0 Å². The maximum absolute atomic E-state index is 13.2. The Morgan fingerprint density at radius 3 is 2.50 bits per heavy atom. The standard InChI is InChI=1S/C24H31N5O3/c1-4-16-10-12-18(13-11-16)25-21(30)19-14-20-22(31)28(3)24(2,15-29(20)27-19)23(32)26-17-8-6-5-7-9-17/h10-14,17H,4-9,15H2,1-3H3,(H,25,30)(H,26,32)/t24-/m1/s1. The topological polar surface area (TPSA) is 96.3 Å². The van der Waals surface area contributed by atoms with Crippen LogP contribution in [-0.2, 0) is 17.8 Å². The maximum atomic E-state index is 13.2. The SMILES string of the molecule is CCc1ccc(NC(=O)c2cc3n(n2)C[C@](C)(C(=O)NC2CCCCC2)N(C)C3=O)cc1. The second kappa shape index (κ2) is 8.76. The molecule has 1 saturated carbocycles. The third-order valence-electron chi connectivity index (χ3n) is 6.78. The van der Waals surface area contributed by atoms with Gasteiger partial charge in [0.25, 0.3) is 11.8 Å². The molecule has 2 aromatic rings. The third kappa shape index (κ3) is 4.13. The van der Waals surface area contributed by atoms with E-state index in [4.69, 9.17) is 0 Å². The van der Waals surface area contributed by atoms with E-state index in [0.29, 0.717) is 11.4 Å². The molecule has 0 saturated heterocycles. The Labute approximate surface area is 188 Å². The molecule has 2 heterocycles.